The van der Waals surface area contributed by atoms with Crippen LogP contribution in [0.2, 0.25) is 0 Å². The molecular weight excluding hydrogens is 218 g/mol. The molecular formula is C13H25NO3. The highest BCUT2D eigenvalue weighted by Crippen LogP contribution is 2.26. The number of carbonyl (C=O) groups is 1. The van der Waals surface area contributed by atoms with Gasteiger partial charge >= 0.3 is 6.09 Å². The molecule has 1 aliphatic carbocycles. The maximum absolute atomic E-state index is 11.2. The number of alkyl carbamates (subject to hydrolysis) is 1. The summed E-state index contributed by atoms with van der Waals surface area (Å²) in [5.41, 5.74) is 0. The lowest BCUT2D eigenvalue weighted by Gasteiger charge is -2.25. The van der Waals surface area contributed by atoms with Crippen LogP contribution >= 0.6 is 0 Å². The molecule has 1 saturated carbocycles. The number of amides is 1. The highest BCUT2D eigenvalue weighted by molar-refractivity contribution is 5.66. The van der Waals surface area contributed by atoms with Gasteiger partial charge in [-0.1, -0.05) is 26.2 Å². The Bertz CT molecular complexity index is 221. The lowest BCUT2D eigenvalue weighted by atomic mass is 9.85. The molecule has 4 heteroatoms. The Balaban J connectivity index is 2.00. The van der Waals surface area contributed by atoms with Crippen LogP contribution in [-0.2, 0) is 4.74 Å². The third-order valence-corrected chi connectivity index (χ3v) is 3.31. The van der Waals surface area contributed by atoms with Crippen molar-refractivity contribution < 1.29 is 14.6 Å². The SMILES string of the molecule is CCCCOC(=O)NCC[C@H]1CCC[C@@H](O)C1. The van der Waals surface area contributed by atoms with Crippen molar-refractivity contribution in [2.45, 2.75) is 58.0 Å². The topological polar surface area (TPSA) is 58.6 Å². The van der Waals surface area contributed by atoms with Crippen molar-refractivity contribution in [3.05, 3.63) is 0 Å². The molecule has 0 spiro atoms. The normalized spacial score (nSPS) is 24.4. The van der Waals surface area contributed by atoms with Crippen molar-refractivity contribution in [3.63, 3.8) is 0 Å². The molecule has 0 radical (unpaired) electrons. The summed E-state index contributed by atoms with van der Waals surface area (Å²) in [6, 6.07) is 0. The zero-order valence-electron chi connectivity index (χ0n) is 10.8. The lowest BCUT2D eigenvalue weighted by molar-refractivity contribution is 0.0976. The zero-order valence-corrected chi connectivity index (χ0v) is 10.8. The van der Waals surface area contributed by atoms with E-state index >= 15 is 0 Å². The van der Waals surface area contributed by atoms with E-state index in [0.717, 1.165) is 38.5 Å². The van der Waals surface area contributed by atoms with E-state index in [1.54, 1.807) is 0 Å². The largest absolute Gasteiger partial charge is 0.450 e. The minimum absolute atomic E-state index is 0.134. The highest BCUT2D eigenvalue weighted by Gasteiger charge is 2.19. The first-order valence-electron chi connectivity index (χ1n) is 6.81. The second-order valence-corrected chi connectivity index (χ2v) is 4.89. The Morgan fingerprint density at radius 1 is 1.47 bits per heavy atom. The van der Waals surface area contributed by atoms with Crippen LogP contribution in [0.1, 0.15) is 51.9 Å². The Kier molecular flexibility index (Phi) is 7.01. The number of hydrogen-bond donors (Lipinski definition) is 2. The standard InChI is InChI=1S/C13H25NO3/c1-2-3-9-17-13(16)14-8-7-11-5-4-6-12(15)10-11/h11-12,15H,2-10H2,1H3,(H,14,16)/t11-,12-/m1/s1. The molecule has 1 aliphatic rings. The van der Waals surface area contributed by atoms with Gasteiger partial charge in [0, 0.05) is 6.54 Å². The van der Waals surface area contributed by atoms with Crippen molar-refractivity contribution in [2.24, 2.45) is 5.92 Å². The van der Waals surface area contributed by atoms with Crippen LogP contribution in [0.3, 0.4) is 0 Å². The molecule has 0 aromatic carbocycles. The van der Waals surface area contributed by atoms with Gasteiger partial charge < -0.3 is 15.2 Å². The molecule has 0 saturated heterocycles. The van der Waals surface area contributed by atoms with Crippen molar-refractivity contribution in [1.82, 2.24) is 5.32 Å². The maximum Gasteiger partial charge on any atom is 0.407 e. The average Bonchev–Trinajstić information content (AvgIpc) is 2.29. The summed E-state index contributed by atoms with van der Waals surface area (Å²) < 4.78 is 4.99. The summed E-state index contributed by atoms with van der Waals surface area (Å²) in [4.78, 5) is 11.2. The summed E-state index contributed by atoms with van der Waals surface area (Å²) in [5, 5.41) is 12.3. The van der Waals surface area contributed by atoms with Gasteiger partial charge in [-0.15, -0.1) is 0 Å². The van der Waals surface area contributed by atoms with Crippen LogP contribution in [0.15, 0.2) is 0 Å². The van der Waals surface area contributed by atoms with Crippen LogP contribution in [0.4, 0.5) is 4.79 Å². The Morgan fingerprint density at radius 3 is 3.00 bits per heavy atom. The average molecular weight is 243 g/mol. The molecule has 2 N–H and O–H groups in total. The van der Waals surface area contributed by atoms with E-state index in [0.29, 0.717) is 19.1 Å². The molecule has 0 bridgehead atoms. The number of ether oxygens (including phenoxy) is 1. The third-order valence-electron chi connectivity index (χ3n) is 3.31. The molecule has 1 rings (SSSR count). The number of hydrogen-bond acceptors (Lipinski definition) is 3. The molecule has 0 heterocycles. The number of aliphatic hydroxyl groups excluding tert-OH is 1. The van der Waals surface area contributed by atoms with Crippen LogP contribution in [0.5, 0.6) is 0 Å². The molecule has 1 fully saturated rings. The van der Waals surface area contributed by atoms with Crippen LogP contribution in [-0.4, -0.2) is 30.5 Å². The number of unbranched alkanes of at least 4 members (excludes halogenated alkanes) is 1. The van der Waals surface area contributed by atoms with E-state index in [2.05, 4.69) is 12.2 Å². The van der Waals surface area contributed by atoms with Gasteiger partial charge in [0.05, 0.1) is 12.7 Å². The van der Waals surface area contributed by atoms with Crippen molar-refractivity contribution in [1.29, 1.82) is 0 Å². The van der Waals surface area contributed by atoms with E-state index in [9.17, 15) is 9.90 Å². The number of rotatable bonds is 6. The quantitative estimate of drug-likeness (QED) is 0.704. The van der Waals surface area contributed by atoms with Gasteiger partial charge in [0.2, 0.25) is 0 Å². The first-order chi connectivity index (χ1) is 8.22. The maximum atomic E-state index is 11.2. The molecule has 100 valence electrons. The summed E-state index contributed by atoms with van der Waals surface area (Å²) >= 11 is 0. The van der Waals surface area contributed by atoms with Gasteiger partial charge in [-0.2, -0.15) is 0 Å². The molecule has 17 heavy (non-hydrogen) atoms. The van der Waals surface area contributed by atoms with Crippen LogP contribution in [0, 0.1) is 5.92 Å². The van der Waals surface area contributed by atoms with E-state index in [1.165, 1.54) is 6.42 Å². The predicted octanol–water partition coefficient (Wildman–Crippen LogP) is 2.45. The molecule has 0 aromatic rings. The van der Waals surface area contributed by atoms with Gasteiger partial charge in [-0.3, -0.25) is 0 Å². The van der Waals surface area contributed by atoms with Gasteiger partial charge in [0.1, 0.15) is 0 Å². The Labute approximate surface area is 104 Å². The van der Waals surface area contributed by atoms with E-state index in [4.69, 9.17) is 4.74 Å². The van der Waals surface area contributed by atoms with Crippen molar-refractivity contribution >= 4 is 6.09 Å². The predicted molar refractivity (Wildman–Crippen MR) is 66.8 cm³/mol. The van der Waals surface area contributed by atoms with Gasteiger partial charge in [0.25, 0.3) is 0 Å². The molecule has 0 aliphatic heterocycles. The Morgan fingerprint density at radius 2 is 2.29 bits per heavy atom. The number of carbonyl (C=O) groups excluding carboxylic acids is 1. The molecule has 0 aromatic heterocycles. The third kappa shape index (κ3) is 6.51. The van der Waals surface area contributed by atoms with Gasteiger partial charge in [-0.05, 0) is 31.6 Å². The number of aliphatic hydroxyl groups is 1. The molecule has 0 unspecified atom stereocenters. The minimum Gasteiger partial charge on any atom is -0.450 e. The van der Waals surface area contributed by atoms with E-state index in [1.807, 2.05) is 0 Å². The fraction of sp³-hybridized carbons (Fsp3) is 0.923. The van der Waals surface area contributed by atoms with Crippen molar-refractivity contribution in [2.75, 3.05) is 13.2 Å². The smallest absolute Gasteiger partial charge is 0.407 e. The second-order valence-electron chi connectivity index (χ2n) is 4.89. The lowest BCUT2D eigenvalue weighted by Crippen LogP contribution is -2.28. The fourth-order valence-corrected chi connectivity index (χ4v) is 2.26. The zero-order chi connectivity index (χ0) is 12.5. The van der Waals surface area contributed by atoms with Crippen LogP contribution in [0.25, 0.3) is 0 Å². The van der Waals surface area contributed by atoms with E-state index in [-0.39, 0.29) is 12.2 Å². The summed E-state index contributed by atoms with van der Waals surface area (Å²) in [6.07, 6.45) is 6.54. The second kappa shape index (κ2) is 8.34. The molecule has 1 amide bonds. The highest BCUT2D eigenvalue weighted by atomic mass is 16.5. The fourth-order valence-electron chi connectivity index (χ4n) is 2.26. The molecule has 2 atom stereocenters. The summed E-state index contributed by atoms with van der Waals surface area (Å²) in [6.45, 7) is 3.22. The first kappa shape index (κ1) is 14.3. The summed E-state index contributed by atoms with van der Waals surface area (Å²) in [5.74, 6) is 0.551. The van der Waals surface area contributed by atoms with Gasteiger partial charge in [-0.25, -0.2) is 4.79 Å². The van der Waals surface area contributed by atoms with Gasteiger partial charge in [0.15, 0.2) is 0 Å². The summed E-state index contributed by atoms with van der Waals surface area (Å²) in [7, 11) is 0. The van der Waals surface area contributed by atoms with Crippen LogP contribution < -0.4 is 5.32 Å². The first-order valence-corrected chi connectivity index (χ1v) is 6.81. The van der Waals surface area contributed by atoms with Crippen molar-refractivity contribution in [3.8, 4) is 0 Å². The Hall–Kier alpha value is -0.770. The monoisotopic (exact) mass is 243 g/mol. The minimum atomic E-state index is -0.310. The number of nitrogens with one attached hydrogen (secondary N) is 1. The van der Waals surface area contributed by atoms with E-state index < -0.39 is 0 Å². The molecule has 4 nitrogen and oxygen atoms in total.